The van der Waals surface area contributed by atoms with E-state index >= 15 is 0 Å². The van der Waals surface area contributed by atoms with Crippen LogP contribution >= 0.6 is 0 Å². The molecule has 0 spiro atoms. The molecule has 3 fully saturated rings. The Morgan fingerprint density at radius 3 is 2.42 bits per heavy atom. The fourth-order valence-corrected chi connectivity index (χ4v) is 9.22. The standard InChI is InChI=1S/C38H51N5O9S/c1-5-17-37(18-19-37)53(49,50)41-33(46)38-21-27(38)15-9-7-6-8-10-16-29(39-34(47)52-36(2,3)4)32(45)43-24-28(20-30(43)31(44)40-38)51-35(48)42-22-25-13-11-12-14-26(25)23-42/h5,9,11-15,27-30H,1,6-8,10,16-24H2,2-4H3,(H,39,47)(H,40,44)(H,41,46)/b15-9-/t27-,28-,29+,30+,38-/m1/s1. The SMILES string of the molecule is C=CCC1(S(=O)(=O)NC(=O)[C@@]23C[C@H]2/C=C\CCCCC[C@H](NC(=O)OC(C)(C)C)C(=O)N2C[C@H](OC(=O)N4Cc5ccccc5C4)C[C@H]2C(=O)N3)CC1. The minimum Gasteiger partial charge on any atom is -0.444 e. The smallest absolute Gasteiger partial charge is 0.410 e. The van der Waals surface area contributed by atoms with Gasteiger partial charge in [0, 0.05) is 25.4 Å². The maximum atomic E-state index is 14.4. The molecule has 0 radical (unpaired) electrons. The zero-order valence-electron chi connectivity index (χ0n) is 30.7. The molecule has 2 saturated carbocycles. The highest BCUT2D eigenvalue weighted by Gasteiger charge is 2.63. The zero-order valence-corrected chi connectivity index (χ0v) is 31.5. The second kappa shape index (κ2) is 14.8. The predicted octanol–water partition coefficient (Wildman–Crippen LogP) is 3.95. The van der Waals surface area contributed by atoms with Gasteiger partial charge in [-0.25, -0.2) is 18.0 Å². The van der Waals surface area contributed by atoms with Crippen molar-refractivity contribution in [1.29, 1.82) is 0 Å². The molecule has 2 aliphatic carbocycles. The van der Waals surface area contributed by atoms with E-state index in [0.29, 0.717) is 38.8 Å². The Morgan fingerprint density at radius 2 is 1.77 bits per heavy atom. The van der Waals surface area contributed by atoms with Gasteiger partial charge in [-0.3, -0.25) is 24.0 Å². The normalized spacial score (nSPS) is 28.8. The highest BCUT2D eigenvalue weighted by Crippen LogP contribution is 2.49. The first-order valence-electron chi connectivity index (χ1n) is 18.6. The highest BCUT2D eigenvalue weighted by molar-refractivity contribution is 7.91. The van der Waals surface area contributed by atoms with E-state index in [2.05, 4.69) is 21.9 Å². The number of allylic oxidation sites excluding steroid dienone is 2. The number of sulfonamides is 1. The second-order valence-corrected chi connectivity index (χ2v) is 18.1. The van der Waals surface area contributed by atoms with Crippen molar-refractivity contribution in [3.8, 4) is 0 Å². The number of benzene rings is 1. The van der Waals surface area contributed by atoms with E-state index in [-0.39, 0.29) is 32.2 Å². The molecule has 1 aromatic carbocycles. The van der Waals surface area contributed by atoms with Gasteiger partial charge < -0.3 is 25.0 Å². The van der Waals surface area contributed by atoms with Crippen LogP contribution in [0.15, 0.2) is 49.1 Å². The quantitative estimate of drug-likeness (QED) is 0.348. The average molecular weight is 754 g/mol. The van der Waals surface area contributed by atoms with Gasteiger partial charge in [0.1, 0.15) is 29.3 Å². The fourth-order valence-electron chi connectivity index (χ4n) is 7.60. The number of carbonyl (C=O) groups excluding carboxylic acids is 5. The first-order valence-corrected chi connectivity index (χ1v) is 20.0. The molecule has 0 bridgehead atoms. The first-order chi connectivity index (χ1) is 25.1. The molecule has 6 rings (SSSR count). The van der Waals surface area contributed by atoms with Gasteiger partial charge in [-0.05, 0) is 76.8 Å². The molecule has 5 aliphatic rings. The Hall–Kier alpha value is -4.40. The van der Waals surface area contributed by atoms with Crippen LogP contribution in [0.25, 0.3) is 0 Å². The van der Waals surface area contributed by atoms with Crippen LogP contribution < -0.4 is 15.4 Å². The van der Waals surface area contributed by atoms with E-state index in [0.717, 1.165) is 24.0 Å². The van der Waals surface area contributed by atoms with Crippen LogP contribution in [0.5, 0.6) is 0 Å². The lowest BCUT2D eigenvalue weighted by atomic mass is 10.0. The molecule has 0 unspecified atom stereocenters. The third-order valence-electron chi connectivity index (χ3n) is 10.8. The fraction of sp³-hybridized carbons (Fsp3) is 0.605. The number of nitrogens with zero attached hydrogens (tertiary/aromatic N) is 2. The molecular weight excluding hydrogens is 703 g/mol. The largest absolute Gasteiger partial charge is 0.444 e. The van der Waals surface area contributed by atoms with E-state index in [4.69, 9.17) is 9.47 Å². The predicted molar refractivity (Wildman–Crippen MR) is 194 cm³/mol. The number of alkyl carbamates (subject to hydrolysis) is 1. The van der Waals surface area contributed by atoms with E-state index in [1.807, 2.05) is 36.4 Å². The summed E-state index contributed by atoms with van der Waals surface area (Å²) < 4.78 is 39.3. The zero-order chi connectivity index (χ0) is 38.2. The molecule has 288 valence electrons. The minimum absolute atomic E-state index is 0.0673. The molecule has 0 aromatic heterocycles. The van der Waals surface area contributed by atoms with Gasteiger partial charge in [0.25, 0.3) is 5.91 Å². The Balaban J connectivity index is 1.26. The third kappa shape index (κ3) is 8.39. The molecule has 3 N–H and O–H groups in total. The van der Waals surface area contributed by atoms with E-state index in [1.54, 1.807) is 25.7 Å². The number of rotatable bonds is 7. The van der Waals surface area contributed by atoms with Gasteiger partial charge in [0.15, 0.2) is 0 Å². The lowest BCUT2D eigenvalue weighted by molar-refractivity contribution is -0.141. The lowest BCUT2D eigenvalue weighted by Crippen LogP contribution is -2.58. The Labute approximate surface area is 311 Å². The molecular formula is C38H51N5O9S. The summed E-state index contributed by atoms with van der Waals surface area (Å²) in [5.41, 5.74) is -0.378. The van der Waals surface area contributed by atoms with Crippen molar-refractivity contribution in [3.05, 3.63) is 60.2 Å². The number of hydrogen-bond donors (Lipinski definition) is 3. The summed E-state index contributed by atoms with van der Waals surface area (Å²) in [5, 5.41) is 5.54. The van der Waals surface area contributed by atoms with E-state index < -0.39 is 79.9 Å². The van der Waals surface area contributed by atoms with Gasteiger partial charge >= 0.3 is 12.2 Å². The number of fused-ring (bicyclic) bond motifs is 3. The molecule has 1 aromatic rings. The van der Waals surface area contributed by atoms with Crippen LogP contribution in [-0.2, 0) is 47.0 Å². The monoisotopic (exact) mass is 753 g/mol. The van der Waals surface area contributed by atoms with Gasteiger partial charge in [-0.1, -0.05) is 55.3 Å². The summed E-state index contributed by atoms with van der Waals surface area (Å²) in [4.78, 5) is 71.8. The molecule has 5 atom stereocenters. The summed E-state index contributed by atoms with van der Waals surface area (Å²) in [5.74, 6) is -2.55. The van der Waals surface area contributed by atoms with Crippen LogP contribution in [0, 0.1) is 5.92 Å². The maximum Gasteiger partial charge on any atom is 0.410 e. The van der Waals surface area contributed by atoms with E-state index in [1.165, 1.54) is 11.0 Å². The molecule has 14 nitrogen and oxygen atoms in total. The first kappa shape index (κ1) is 38.3. The molecule has 3 aliphatic heterocycles. The highest BCUT2D eigenvalue weighted by atomic mass is 32.2. The van der Waals surface area contributed by atoms with Crippen molar-refractivity contribution in [2.24, 2.45) is 5.92 Å². The Kier molecular flexibility index (Phi) is 10.7. The van der Waals surface area contributed by atoms with Crippen LogP contribution in [0.3, 0.4) is 0 Å². The topological polar surface area (TPSA) is 181 Å². The summed E-state index contributed by atoms with van der Waals surface area (Å²) in [7, 11) is -4.09. The van der Waals surface area contributed by atoms with E-state index in [9.17, 15) is 32.4 Å². The summed E-state index contributed by atoms with van der Waals surface area (Å²) >= 11 is 0. The van der Waals surface area contributed by atoms with Crippen molar-refractivity contribution in [2.45, 2.75) is 132 Å². The number of carbonyl (C=O) groups is 5. The molecule has 15 heteroatoms. The molecule has 5 amide bonds. The van der Waals surface area contributed by atoms with Gasteiger partial charge in [-0.15, -0.1) is 6.58 Å². The summed E-state index contributed by atoms with van der Waals surface area (Å²) in [6.07, 6.45) is 7.18. The van der Waals surface area contributed by atoms with Crippen molar-refractivity contribution >= 4 is 39.9 Å². The molecule has 1 saturated heterocycles. The number of nitrogens with one attached hydrogen (secondary N) is 3. The van der Waals surface area contributed by atoms with Gasteiger partial charge in [0.2, 0.25) is 21.8 Å². The number of amides is 5. The number of hydrogen-bond acceptors (Lipinski definition) is 9. The number of ether oxygens (including phenoxy) is 2. The summed E-state index contributed by atoms with van der Waals surface area (Å²) in [6.45, 7) is 9.40. The Morgan fingerprint density at radius 1 is 1.08 bits per heavy atom. The van der Waals surface area contributed by atoms with Crippen molar-refractivity contribution in [2.75, 3.05) is 6.54 Å². The maximum absolute atomic E-state index is 14.4. The molecule has 3 heterocycles. The average Bonchev–Trinajstić information content (AvgIpc) is 3.91. The van der Waals surface area contributed by atoms with Crippen LogP contribution in [0.1, 0.15) is 96.1 Å². The Bertz CT molecular complexity index is 1760. The van der Waals surface area contributed by atoms with Gasteiger partial charge in [0.05, 0.1) is 11.3 Å². The van der Waals surface area contributed by atoms with Crippen molar-refractivity contribution in [3.63, 3.8) is 0 Å². The van der Waals surface area contributed by atoms with Crippen molar-refractivity contribution < 1.29 is 41.9 Å². The second-order valence-electron chi connectivity index (χ2n) is 16.0. The third-order valence-corrected chi connectivity index (χ3v) is 13.0. The summed E-state index contributed by atoms with van der Waals surface area (Å²) in [6, 6.07) is 5.45. The van der Waals surface area contributed by atoms with Crippen LogP contribution in [-0.4, -0.2) is 88.7 Å². The van der Waals surface area contributed by atoms with Gasteiger partial charge in [-0.2, -0.15) is 0 Å². The molecule has 53 heavy (non-hydrogen) atoms. The lowest BCUT2D eigenvalue weighted by Gasteiger charge is -2.30. The van der Waals surface area contributed by atoms with Crippen LogP contribution in [0.4, 0.5) is 9.59 Å². The van der Waals surface area contributed by atoms with Crippen molar-refractivity contribution in [1.82, 2.24) is 25.2 Å². The van der Waals surface area contributed by atoms with Crippen LogP contribution in [0.2, 0.25) is 0 Å². The minimum atomic E-state index is -4.09.